The fraction of sp³-hybridized carbons (Fsp3) is 0.286. The molecule has 1 aromatic heterocycles. The van der Waals surface area contributed by atoms with Crippen molar-refractivity contribution in [3.63, 3.8) is 0 Å². The first-order valence-electron chi connectivity index (χ1n) is 3.24. The average molecular weight is 364 g/mol. The molecule has 0 unspecified atom stereocenters. The zero-order valence-electron chi connectivity index (χ0n) is 6.52. The first-order valence-corrected chi connectivity index (χ1v) is 5.11. The molecule has 0 saturated heterocycles. The van der Waals surface area contributed by atoms with Gasteiger partial charge in [0, 0.05) is 0 Å². The van der Waals surface area contributed by atoms with Gasteiger partial charge in [-0.1, -0.05) is 0 Å². The van der Waals surface area contributed by atoms with Crippen LogP contribution in [0.5, 0.6) is 5.88 Å². The van der Waals surface area contributed by atoms with E-state index in [9.17, 15) is 8.78 Å². The van der Waals surface area contributed by atoms with E-state index in [1.807, 2.05) is 22.6 Å². The van der Waals surface area contributed by atoms with E-state index in [0.29, 0.717) is 9.45 Å². The molecule has 6 heteroatoms. The molecule has 0 N–H and O–H groups in total. The van der Waals surface area contributed by atoms with Crippen molar-refractivity contribution in [2.75, 3.05) is 7.11 Å². The Balaban J connectivity index is 3.20. The first kappa shape index (κ1) is 11.1. The summed E-state index contributed by atoms with van der Waals surface area (Å²) in [7, 11) is 1.44. The summed E-state index contributed by atoms with van der Waals surface area (Å²) < 4.78 is 30.2. The summed E-state index contributed by atoms with van der Waals surface area (Å²) in [5.41, 5.74) is -0.120. The lowest BCUT2D eigenvalue weighted by Gasteiger charge is -2.06. The largest absolute Gasteiger partial charge is 0.480 e. The molecule has 0 radical (unpaired) electrons. The number of alkyl halides is 2. The lowest BCUT2D eigenvalue weighted by Crippen LogP contribution is -1.96. The maximum atomic E-state index is 12.3. The standard InChI is InChI=1S/C7H5BrF2INO/c1-13-7-4(11)2-3(6(9)10)5(8)12-7/h2,6H,1H3. The van der Waals surface area contributed by atoms with Gasteiger partial charge in [-0.05, 0) is 44.6 Å². The second-order valence-electron chi connectivity index (χ2n) is 2.16. The molecule has 72 valence electrons. The molecule has 0 aliphatic carbocycles. The number of pyridine rings is 1. The average Bonchev–Trinajstić information content (AvgIpc) is 2.07. The maximum Gasteiger partial charge on any atom is 0.266 e. The minimum absolute atomic E-state index is 0.120. The van der Waals surface area contributed by atoms with Crippen LogP contribution in [0.4, 0.5) is 8.78 Å². The van der Waals surface area contributed by atoms with Gasteiger partial charge >= 0.3 is 0 Å². The van der Waals surface area contributed by atoms with Crippen LogP contribution in [0.15, 0.2) is 10.7 Å². The van der Waals surface area contributed by atoms with Gasteiger partial charge in [-0.15, -0.1) is 0 Å². The minimum atomic E-state index is -2.53. The molecule has 0 spiro atoms. The molecule has 1 heterocycles. The van der Waals surface area contributed by atoms with Crippen LogP contribution in [-0.4, -0.2) is 12.1 Å². The van der Waals surface area contributed by atoms with E-state index in [1.54, 1.807) is 0 Å². The number of ether oxygens (including phenoxy) is 1. The quantitative estimate of drug-likeness (QED) is 0.593. The Hall–Kier alpha value is 0.0200. The van der Waals surface area contributed by atoms with Crippen LogP contribution < -0.4 is 4.74 Å². The molecule has 0 saturated carbocycles. The zero-order chi connectivity index (χ0) is 10.0. The van der Waals surface area contributed by atoms with Crippen molar-refractivity contribution >= 4 is 38.5 Å². The van der Waals surface area contributed by atoms with Gasteiger partial charge in [0.15, 0.2) is 0 Å². The van der Waals surface area contributed by atoms with Gasteiger partial charge in [-0.3, -0.25) is 0 Å². The third-order valence-electron chi connectivity index (χ3n) is 1.35. The Bertz CT molecular complexity index is 322. The van der Waals surface area contributed by atoms with Crippen LogP contribution in [0.1, 0.15) is 12.0 Å². The highest BCUT2D eigenvalue weighted by atomic mass is 127. The molecule has 0 bridgehead atoms. The van der Waals surface area contributed by atoms with E-state index in [4.69, 9.17) is 4.74 Å². The third-order valence-corrected chi connectivity index (χ3v) is 2.76. The van der Waals surface area contributed by atoms with Gasteiger partial charge in [0.1, 0.15) is 4.60 Å². The molecule has 2 nitrogen and oxygen atoms in total. The number of rotatable bonds is 2. The topological polar surface area (TPSA) is 22.1 Å². The van der Waals surface area contributed by atoms with E-state index in [0.717, 1.165) is 0 Å². The lowest BCUT2D eigenvalue weighted by atomic mass is 10.3. The summed E-state index contributed by atoms with van der Waals surface area (Å²) in [5.74, 6) is 0.344. The van der Waals surface area contributed by atoms with Crippen LogP contribution in [0.2, 0.25) is 0 Å². The predicted octanol–water partition coefficient (Wildman–Crippen LogP) is 3.39. The maximum absolute atomic E-state index is 12.3. The number of methoxy groups -OCH3 is 1. The molecule has 0 amide bonds. The van der Waals surface area contributed by atoms with Crippen molar-refractivity contribution in [1.29, 1.82) is 0 Å². The number of hydrogen-bond acceptors (Lipinski definition) is 2. The third kappa shape index (κ3) is 2.49. The van der Waals surface area contributed by atoms with Gasteiger partial charge in [-0.25, -0.2) is 13.8 Å². The molecule has 1 aromatic rings. The van der Waals surface area contributed by atoms with E-state index < -0.39 is 6.43 Å². The summed E-state index contributed by atoms with van der Waals surface area (Å²) in [6, 6.07) is 1.35. The van der Waals surface area contributed by atoms with Crippen molar-refractivity contribution in [1.82, 2.24) is 4.98 Å². The molecule has 1 rings (SSSR count). The van der Waals surface area contributed by atoms with E-state index in [-0.39, 0.29) is 10.2 Å². The molecule has 0 aliphatic heterocycles. The van der Waals surface area contributed by atoms with E-state index >= 15 is 0 Å². The van der Waals surface area contributed by atoms with Gasteiger partial charge in [0.25, 0.3) is 6.43 Å². The molecule has 0 atom stereocenters. The summed E-state index contributed by atoms with van der Waals surface area (Å²) in [6.45, 7) is 0. The Morgan fingerprint density at radius 2 is 2.23 bits per heavy atom. The summed E-state index contributed by atoms with van der Waals surface area (Å²) in [6.07, 6.45) is -2.53. The van der Waals surface area contributed by atoms with Gasteiger partial charge < -0.3 is 4.74 Å². The highest BCUT2D eigenvalue weighted by Crippen LogP contribution is 2.30. The fourth-order valence-electron chi connectivity index (χ4n) is 0.761. The van der Waals surface area contributed by atoms with Crippen molar-refractivity contribution in [3.8, 4) is 5.88 Å². The number of halogens is 4. The van der Waals surface area contributed by atoms with Crippen molar-refractivity contribution in [2.24, 2.45) is 0 Å². The lowest BCUT2D eigenvalue weighted by molar-refractivity contribution is 0.149. The SMILES string of the molecule is COc1nc(Br)c(C(F)F)cc1I. The van der Waals surface area contributed by atoms with Crippen molar-refractivity contribution < 1.29 is 13.5 Å². The summed E-state index contributed by atoms with van der Waals surface area (Å²) in [4.78, 5) is 3.82. The molecule has 0 fully saturated rings. The fourth-order valence-corrected chi connectivity index (χ4v) is 1.89. The van der Waals surface area contributed by atoms with Crippen LogP contribution in [-0.2, 0) is 0 Å². The number of hydrogen-bond donors (Lipinski definition) is 0. The monoisotopic (exact) mass is 363 g/mol. The Morgan fingerprint density at radius 3 is 2.69 bits per heavy atom. The van der Waals surface area contributed by atoms with Gasteiger partial charge in [0.05, 0.1) is 16.2 Å². The van der Waals surface area contributed by atoms with Gasteiger partial charge in [-0.2, -0.15) is 0 Å². The Morgan fingerprint density at radius 1 is 1.62 bits per heavy atom. The smallest absolute Gasteiger partial charge is 0.266 e. The zero-order valence-corrected chi connectivity index (χ0v) is 10.3. The Kier molecular flexibility index (Phi) is 3.84. The highest BCUT2D eigenvalue weighted by Gasteiger charge is 2.15. The van der Waals surface area contributed by atoms with Crippen molar-refractivity contribution in [3.05, 3.63) is 19.8 Å². The Labute approximate surface area is 96.0 Å². The highest BCUT2D eigenvalue weighted by molar-refractivity contribution is 14.1. The van der Waals surface area contributed by atoms with Crippen LogP contribution in [0, 0.1) is 3.57 Å². The first-order chi connectivity index (χ1) is 6.06. The van der Waals surface area contributed by atoms with E-state index in [2.05, 4.69) is 20.9 Å². The normalized spacial score (nSPS) is 10.6. The van der Waals surface area contributed by atoms with Crippen LogP contribution in [0.3, 0.4) is 0 Å². The summed E-state index contributed by atoms with van der Waals surface area (Å²) >= 11 is 4.84. The molecule has 13 heavy (non-hydrogen) atoms. The number of nitrogens with zero attached hydrogens (tertiary/aromatic N) is 1. The molecular weight excluding hydrogens is 359 g/mol. The number of aromatic nitrogens is 1. The molecule has 0 aliphatic rings. The molecule has 0 aromatic carbocycles. The second kappa shape index (κ2) is 4.50. The van der Waals surface area contributed by atoms with E-state index in [1.165, 1.54) is 13.2 Å². The van der Waals surface area contributed by atoms with Crippen LogP contribution >= 0.6 is 38.5 Å². The van der Waals surface area contributed by atoms with Gasteiger partial charge in [0.2, 0.25) is 5.88 Å². The molecular formula is C7H5BrF2INO. The summed E-state index contributed by atoms with van der Waals surface area (Å²) in [5, 5.41) is 0. The van der Waals surface area contributed by atoms with Crippen LogP contribution in [0.25, 0.3) is 0 Å². The minimum Gasteiger partial charge on any atom is -0.480 e. The predicted molar refractivity (Wildman–Crippen MR) is 56.2 cm³/mol. The van der Waals surface area contributed by atoms with Crippen molar-refractivity contribution in [2.45, 2.75) is 6.43 Å². The second-order valence-corrected chi connectivity index (χ2v) is 4.07.